The highest BCUT2D eigenvalue weighted by atomic mass is 16.5. The molecule has 1 aliphatic rings. The molecule has 1 N–H and O–H groups in total. The minimum atomic E-state index is 0.112. The Morgan fingerprint density at radius 3 is 2.80 bits per heavy atom. The van der Waals surface area contributed by atoms with Crippen LogP contribution in [0.2, 0.25) is 0 Å². The number of rotatable bonds is 6. The molecular formula is C16H23NO3. The smallest absolute Gasteiger partial charge is 0.219 e. The van der Waals surface area contributed by atoms with E-state index in [4.69, 9.17) is 9.47 Å². The van der Waals surface area contributed by atoms with E-state index in [9.17, 15) is 4.79 Å². The fraction of sp³-hybridized carbons (Fsp3) is 0.562. The van der Waals surface area contributed by atoms with Gasteiger partial charge in [-0.3, -0.25) is 4.79 Å². The highest BCUT2D eigenvalue weighted by Crippen LogP contribution is 2.45. The number of nitrogens with one attached hydrogen (secondary N) is 1. The van der Waals surface area contributed by atoms with Crippen LogP contribution in [0.4, 0.5) is 0 Å². The Morgan fingerprint density at radius 2 is 2.15 bits per heavy atom. The van der Waals surface area contributed by atoms with Gasteiger partial charge in [-0.2, -0.15) is 0 Å². The second-order valence-electron chi connectivity index (χ2n) is 5.10. The van der Waals surface area contributed by atoms with Crippen molar-refractivity contribution in [3.05, 3.63) is 23.3 Å². The maximum absolute atomic E-state index is 11.3. The number of benzene rings is 1. The Hall–Kier alpha value is -1.71. The molecule has 1 aliphatic carbocycles. The van der Waals surface area contributed by atoms with E-state index in [1.165, 1.54) is 11.1 Å². The number of carbonyl (C=O) groups is 1. The SMILES string of the molecule is CCC(=O)NCC[C@H]1CCc2ccc(OC)c(OC)c21. The van der Waals surface area contributed by atoms with Gasteiger partial charge in [0.2, 0.25) is 5.91 Å². The van der Waals surface area contributed by atoms with E-state index in [-0.39, 0.29) is 5.91 Å². The van der Waals surface area contributed by atoms with Crippen LogP contribution in [0.15, 0.2) is 12.1 Å². The largest absolute Gasteiger partial charge is 0.493 e. The third kappa shape index (κ3) is 2.89. The zero-order valence-corrected chi connectivity index (χ0v) is 12.5. The number of aryl methyl sites for hydroxylation is 1. The van der Waals surface area contributed by atoms with Crippen molar-refractivity contribution in [2.45, 2.75) is 38.5 Å². The molecule has 0 saturated heterocycles. The van der Waals surface area contributed by atoms with Crippen molar-refractivity contribution in [1.82, 2.24) is 5.32 Å². The number of hydrogen-bond donors (Lipinski definition) is 1. The predicted molar refractivity (Wildman–Crippen MR) is 78.5 cm³/mol. The van der Waals surface area contributed by atoms with Crippen molar-refractivity contribution in [2.75, 3.05) is 20.8 Å². The van der Waals surface area contributed by atoms with Crippen molar-refractivity contribution < 1.29 is 14.3 Å². The molecule has 20 heavy (non-hydrogen) atoms. The van der Waals surface area contributed by atoms with Crippen LogP contribution in [0.1, 0.15) is 43.2 Å². The van der Waals surface area contributed by atoms with Crippen molar-refractivity contribution in [2.24, 2.45) is 0 Å². The van der Waals surface area contributed by atoms with Crippen molar-refractivity contribution >= 4 is 5.91 Å². The molecule has 0 aromatic heterocycles. The number of methoxy groups -OCH3 is 2. The van der Waals surface area contributed by atoms with Gasteiger partial charge >= 0.3 is 0 Å². The molecule has 4 nitrogen and oxygen atoms in total. The van der Waals surface area contributed by atoms with E-state index < -0.39 is 0 Å². The first-order valence-corrected chi connectivity index (χ1v) is 7.21. The summed E-state index contributed by atoms with van der Waals surface area (Å²) in [4.78, 5) is 11.3. The normalized spacial score (nSPS) is 16.6. The molecule has 2 rings (SSSR count). The minimum Gasteiger partial charge on any atom is -0.493 e. The maximum Gasteiger partial charge on any atom is 0.219 e. The van der Waals surface area contributed by atoms with Gasteiger partial charge in [0, 0.05) is 18.5 Å². The average Bonchev–Trinajstić information content (AvgIpc) is 2.89. The summed E-state index contributed by atoms with van der Waals surface area (Å²) in [5, 5.41) is 2.95. The maximum atomic E-state index is 11.3. The van der Waals surface area contributed by atoms with Crippen molar-refractivity contribution in [3.8, 4) is 11.5 Å². The third-order valence-corrected chi connectivity index (χ3v) is 3.98. The fourth-order valence-electron chi connectivity index (χ4n) is 2.93. The van der Waals surface area contributed by atoms with E-state index >= 15 is 0 Å². The summed E-state index contributed by atoms with van der Waals surface area (Å²) in [7, 11) is 3.35. The molecule has 0 bridgehead atoms. The Labute approximate surface area is 120 Å². The summed E-state index contributed by atoms with van der Waals surface area (Å²) >= 11 is 0. The zero-order valence-electron chi connectivity index (χ0n) is 12.5. The summed E-state index contributed by atoms with van der Waals surface area (Å²) in [5.41, 5.74) is 2.60. The molecule has 1 aromatic carbocycles. The van der Waals surface area contributed by atoms with E-state index in [1.54, 1.807) is 14.2 Å². The highest BCUT2D eigenvalue weighted by Gasteiger charge is 2.28. The lowest BCUT2D eigenvalue weighted by molar-refractivity contribution is -0.120. The van der Waals surface area contributed by atoms with Crippen LogP contribution < -0.4 is 14.8 Å². The number of amides is 1. The van der Waals surface area contributed by atoms with Crippen LogP contribution >= 0.6 is 0 Å². The summed E-state index contributed by atoms with van der Waals surface area (Å²) in [6, 6.07) is 4.10. The monoisotopic (exact) mass is 277 g/mol. The number of ether oxygens (including phenoxy) is 2. The van der Waals surface area contributed by atoms with Gasteiger partial charge in [0.25, 0.3) is 0 Å². The van der Waals surface area contributed by atoms with Crippen LogP contribution in [-0.4, -0.2) is 26.7 Å². The van der Waals surface area contributed by atoms with Gasteiger partial charge in [-0.05, 0) is 36.8 Å². The molecule has 0 spiro atoms. The molecule has 0 saturated carbocycles. The van der Waals surface area contributed by atoms with Crippen LogP contribution in [0.3, 0.4) is 0 Å². The first-order chi connectivity index (χ1) is 9.71. The minimum absolute atomic E-state index is 0.112. The molecule has 0 unspecified atom stereocenters. The van der Waals surface area contributed by atoms with E-state index in [0.717, 1.165) is 37.3 Å². The first kappa shape index (κ1) is 14.7. The molecule has 1 atom stereocenters. The topological polar surface area (TPSA) is 47.6 Å². The molecule has 0 radical (unpaired) electrons. The number of carbonyl (C=O) groups excluding carboxylic acids is 1. The lowest BCUT2D eigenvalue weighted by Crippen LogP contribution is -2.24. The van der Waals surface area contributed by atoms with Crippen LogP contribution in [0.25, 0.3) is 0 Å². The summed E-state index contributed by atoms with van der Waals surface area (Å²) in [5.74, 6) is 2.19. The van der Waals surface area contributed by atoms with Gasteiger partial charge in [0.1, 0.15) is 0 Å². The Bertz CT molecular complexity index is 485. The zero-order chi connectivity index (χ0) is 14.5. The summed E-state index contributed by atoms with van der Waals surface area (Å²) < 4.78 is 10.9. The lowest BCUT2D eigenvalue weighted by atomic mass is 9.96. The first-order valence-electron chi connectivity index (χ1n) is 7.21. The van der Waals surface area contributed by atoms with E-state index in [2.05, 4.69) is 11.4 Å². The quantitative estimate of drug-likeness (QED) is 0.869. The lowest BCUT2D eigenvalue weighted by Gasteiger charge is -2.17. The molecular weight excluding hydrogens is 254 g/mol. The number of fused-ring (bicyclic) bond motifs is 1. The van der Waals surface area contributed by atoms with Gasteiger partial charge in [-0.15, -0.1) is 0 Å². The summed E-state index contributed by atoms with van der Waals surface area (Å²) in [6.45, 7) is 2.59. The summed E-state index contributed by atoms with van der Waals surface area (Å²) in [6.07, 6.45) is 3.67. The fourth-order valence-corrected chi connectivity index (χ4v) is 2.93. The molecule has 0 heterocycles. The van der Waals surface area contributed by atoms with Gasteiger partial charge in [0.05, 0.1) is 14.2 Å². The van der Waals surface area contributed by atoms with Gasteiger partial charge < -0.3 is 14.8 Å². The third-order valence-electron chi connectivity index (χ3n) is 3.98. The van der Waals surface area contributed by atoms with Crippen LogP contribution in [0.5, 0.6) is 11.5 Å². The van der Waals surface area contributed by atoms with E-state index in [1.807, 2.05) is 13.0 Å². The predicted octanol–water partition coefficient (Wildman–Crippen LogP) is 2.65. The van der Waals surface area contributed by atoms with Gasteiger partial charge in [-0.1, -0.05) is 13.0 Å². The molecule has 4 heteroatoms. The Morgan fingerprint density at radius 1 is 1.35 bits per heavy atom. The second-order valence-corrected chi connectivity index (χ2v) is 5.10. The van der Waals surface area contributed by atoms with Gasteiger partial charge in [-0.25, -0.2) is 0 Å². The average molecular weight is 277 g/mol. The highest BCUT2D eigenvalue weighted by molar-refractivity contribution is 5.75. The van der Waals surface area contributed by atoms with Crippen molar-refractivity contribution in [1.29, 1.82) is 0 Å². The standard InChI is InChI=1S/C16H23NO3/c1-4-14(18)17-10-9-12-6-5-11-7-8-13(19-2)16(20-3)15(11)12/h7-8,12H,4-6,9-10H2,1-3H3,(H,17,18)/t12-/m1/s1. The van der Waals surface area contributed by atoms with Gasteiger partial charge in [0.15, 0.2) is 11.5 Å². The van der Waals surface area contributed by atoms with Crippen LogP contribution in [0, 0.1) is 0 Å². The Balaban J connectivity index is 2.12. The molecule has 1 aromatic rings. The molecule has 0 aliphatic heterocycles. The molecule has 1 amide bonds. The van der Waals surface area contributed by atoms with E-state index in [0.29, 0.717) is 12.3 Å². The van der Waals surface area contributed by atoms with Crippen LogP contribution in [-0.2, 0) is 11.2 Å². The Kier molecular flexibility index (Phi) is 4.88. The second kappa shape index (κ2) is 6.64. The number of hydrogen-bond acceptors (Lipinski definition) is 3. The molecule has 0 fully saturated rings. The van der Waals surface area contributed by atoms with Crippen molar-refractivity contribution in [3.63, 3.8) is 0 Å². The molecule has 110 valence electrons.